The van der Waals surface area contributed by atoms with E-state index in [0.717, 1.165) is 41.8 Å². The zero-order chi connectivity index (χ0) is 25.6. The number of carbonyl (C=O) groups excluding carboxylic acids is 2. The molecule has 1 amide bonds. The fourth-order valence-corrected chi connectivity index (χ4v) is 3.91. The number of hydrogen-bond acceptors (Lipinski definition) is 5. The molecule has 6 nitrogen and oxygen atoms in total. The lowest BCUT2D eigenvalue weighted by molar-refractivity contribution is -0.148. The molecule has 1 unspecified atom stereocenters. The van der Waals surface area contributed by atoms with Crippen molar-refractivity contribution in [2.75, 3.05) is 19.8 Å². The first-order valence-corrected chi connectivity index (χ1v) is 12.8. The maximum Gasteiger partial charge on any atom is 0.309 e. The second kappa shape index (κ2) is 14.7. The summed E-state index contributed by atoms with van der Waals surface area (Å²) in [5, 5.41) is 2.93. The third-order valence-electron chi connectivity index (χ3n) is 5.91. The van der Waals surface area contributed by atoms with Gasteiger partial charge in [0, 0.05) is 23.9 Å². The van der Waals surface area contributed by atoms with Crippen molar-refractivity contribution < 1.29 is 19.1 Å². The standard InChI is InChI=1S/C30H36N2O4/c1-3-5-9-26(30(34)35-4-2)22-23-11-17-27(18-12-23)36-21-8-20-32-29(33)25-15-13-24(14-16-25)28-10-6-7-19-31-28/h6-7,10-19,26H,3-5,8-9,20-22H2,1-2H3,(H,32,33). The molecule has 36 heavy (non-hydrogen) atoms. The first-order valence-electron chi connectivity index (χ1n) is 12.8. The van der Waals surface area contributed by atoms with Gasteiger partial charge in [0.25, 0.3) is 5.91 Å². The number of rotatable bonds is 14. The van der Waals surface area contributed by atoms with Gasteiger partial charge in [0.2, 0.25) is 0 Å². The molecule has 0 fully saturated rings. The Hall–Kier alpha value is -3.67. The van der Waals surface area contributed by atoms with Gasteiger partial charge in [-0.1, -0.05) is 50.1 Å². The van der Waals surface area contributed by atoms with E-state index in [1.54, 1.807) is 6.20 Å². The van der Waals surface area contributed by atoms with Crippen molar-refractivity contribution in [2.24, 2.45) is 5.92 Å². The summed E-state index contributed by atoms with van der Waals surface area (Å²) < 4.78 is 11.1. The van der Waals surface area contributed by atoms with Gasteiger partial charge in [-0.2, -0.15) is 0 Å². The quantitative estimate of drug-likeness (QED) is 0.227. The third-order valence-corrected chi connectivity index (χ3v) is 5.91. The predicted octanol–water partition coefficient (Wildman–Crippen LogP) is 5.86. The van der Waals surface area contributed by atoms with E-state index < -0.39 is 0 Å². The van der Waals surface area contributed by atoms with E-state index in [1.165, 1.54) is 0 Å². The fourth-order valence-electron chi connectivity index (χ4n) is 3.91. The van der Waals surface area contributed by atoms with Crippen LogP contribution in [0.5, 0.6) is 5.75 Å². The molecule has 1 heterocycles. The van der Waals surface area contributed by atoms with Crippen LogP contribution in [0.1, 0.15) is 55.5 Å². The summed E-state index contributed by atoms with van der Waals surface area (Å²) in [4.78, 5) is 29.0. The number of aromatic nitrogens is 1. The van der Waals surface area contributed by atoms with E-state index in [-0.39, 0.29) is 17.8 Å². The van der Waals surface area contributed by atoms with Crippen LogP contribution in [-0.4, -0.2) is 36.6 Å². The molecule has 190 valence electrons. The highest BCUT2D eigenvalue weighted by Gasteiger charge is 2.19. The SMILES string of the molecule is CCCCC(Cc1ccc(OCCCNC(=O)c2ccc(-c3ccccn3)cc2)cc1)C(=O)OCC. The maximum atomic E-state index is 12.4. The summed E-state index contributed by atoms with van der Waals surface area (Å²) in [6, 6.07) is 21.1. The molecule has 0 spiro atoms. The zero-order valence-electron chi connectivity index (χ0n) is 21.2. The first-order chi connectivity index (χ1) is 17.6. The van der Waals surface area contributed by atoms with Gasteiger partial charge in [-0.25, -0.2) is 0 Å². The van der Waals surface area contributed by atoms with Gasteiger partial charge in [0.15, 0.2) is 0 Å². The molecule has 2 aromatic carbocycles. The van der Waals surface area contributed by atoms with Gasteiger partial charge in [-0.15, -0.1) is 0 Å². The Labute approximate surface area is 214 Å². The van der Waals surface area contributed by atoms with Crippen LogP contribution in [-0.2, 0) is 16.0 Å². The number of nitrogens with one attached hydrogen (secondary N) is 1. The van der Waals surface area contributed by atoms with Crippen molar-refractivity contribution in [1.29, 1.82) is 0 Å². The molecule has 3 aromatic rings. The number of pyridine rings is 1. The lowest BCUT2D eigenvalue weighted by atomic mass is 9.94. The Balaban J connectivity index is 1.38. The number of ether oxygens (including phenoxy) is 2. The zero-order valence-corrected chi connectivity index (χ0v) is 21.2. The normalized spacial score (nSPS) is 11.5. The predicted molar refractivity (Wildman–Crippen MR) is 142 cm³/mol. The van der Waals surface area contributed by atoms with Crippen molar-refractivity contribution in [3.05, 3.63) is 84.1 Å². The van der Waals surface area contributed by atoms with Crippen LogP contribution in [0.25, 0.3) is 11.3 Å². The summed E-state index contributed by atoms with van der Waals surface area (Å²) in [7, 11) is 0. The van der Waals surface area contributed by atoms with Gasteiger partial charge in [0.1, 0.15) is 5.75 Å². The summed E-state index contributed by atoms with van der Waals surface area (Å²) in [6.07, 6.45) is 6.03. The molecular formula is C30H36N2O4. The van der Waals surface area contributed by atoms with E-state index in [1.807, 2.05) is 73.7 Å². The molecule has 1 aromatic heterocycles. The van der Waals surface area contributed by atoms with Crippen LogP contribution in [0.3, 0.4) is 0 Å². The minimum absolute atomic E-state index is 0.105. The van der Waals surface area contributed by atoms with Crippen LogP contribution in [0, 0.1) is 5.92 Å². The first kappa shape index (κ1) is 26.9. The fraction of sp³-hybridized carbons (Fsp3) is 0.367. The Bertz CT molecular complexity index is 1070. The number of esters is 1. The van der Waals surface area contributed by atoms with Gasteiger partial charge in [-0.3, -0.25) is 14.6 Å². The largest absolute Gasteiger partial charge is 0.494 e. The number of hydrogen-bond donors (Lipinski definition) is 1. The Kier molecular flexibility index (Phi) is 11.0. The molecule has 1 atom stereocenters. The van der Waals surface area contributed by atoms with Gasteiger partial charge in [0.05, 0.1) is 24.8 Å². The smallest absolute Gasteiger partial charge is 0.309 e. The van der Waals surface area contributed by atoms with Crippen molar-refractivity contribution in [3.63, 3.8) is 0 Å². The molecular weight excluding hydrogens is 452 g/mol. The number of benzene rings is 2. The molecule has 3 rings (SSSR count). The van der Waals surface area contributed by atoms with E-state index in [9.17, 15) is 9.59 Å². The summed E-state index contributed by atoms with van der Waals surface area (Å²) in [5.41, 5.74) is 3.57. The Morgan fingerprint density at radius 2 is 1.72 bits per heavy atom. The molecule has 0 aliphatic heterocycles. The van der Waals surface area contributed by atoms with Gasteiger partial charge < -0.3 is 14.8 Å². The molecule has 0 bridgehead atoms. The van der Waals surface area contributed by atoms with Gasteiger partial charge in [-0.05, 0) is 68.1 Å². The molecule has 0 aliphatic carbocycles. The van der Waals surface area contributed by atoms with Crippen molar-refractivity contribution in [1.82, 2.24) is 10.3 Å². The van der Waals surface area contributed by atoms with E-state index >= 15 is 0 Å². The monoisotopic (exact) mass is 488 g/mol. The summed E-state index contributed by atoms with van der Waals surface area (Å²) in [6.45, 7) is 5.40. The minimum Gasteiger partial charge on any atom is -0.494 e. The summed E-state index contributed by atoms with van der Waals surface area (Å²) in [5.74, 6) is 0.450. The van der Waals surface area contributed by atoms with Crippen molar-refractivity contribution in [2.45, 2.75) is 46.0 Å². The average molecular weight is 489 g/mol. The van der Waals surface area contributed by atoms with Crippen LogP contribution >= 0.6 is 0 Å². The third kappa shape index (κ3) is 8.52. The number of unbranched alkanes of at least 4 members (excludes halogenated alkanes) is 1. The average Bonchev–Trinajstić information content (AvgIpc) is 2.92. The highest BCUT2D eigenvalue weighted by atomic mass is 16.5. The van der Waals surface area contributed by atoms with Crippen molar-refractivity contribution in [3.8, 4) is 17.0 Å². The van der Waals surface area contributed by atoms with Gasteiger partial charge >= 0.3 is 5.97 Å². The van der Waals surface area contributed by atoms with Crippen LogP contribution in [0.4, 0.5) is 0 Å². The van der Waals surface area contributed by atoms with Crippen LogP contribution in [0.2, 0.25) is 0 Å². The Morgan fingerprint density at radius 3 is 2.39 bits per heavy atom. The highest BCUT2D eigenvalue weighted by Crippen LogP contribution is 2.20. The van der Waals surface area contributed by atoms with E-state index in [2.05, 4.69) is 17.2 Å². The number of amides is 1. The minimum atomic E-state index is -0.113. The van der Waals surface area contributed by atoms with Crippen LogP contribution < -0.4 is 10.1 Å². The van der Waals surface area contributed by atoms with E-state index in [4.69, 9.17) is 9.47 Å². The number of nitrogens with zero attached hydrogens (tertiary/aromatic N) is 1. The molecule has 0 saturated heterocycles. The summed E-state index contributed by atoms with van der Waals surface area (Å²) >= 11 is 0. The van der Waals surface area contributed by atoms with Crippen LogP contribution in [0.15, 0.2) is 72.9 Å². The highest BCUT2D eigenvalue weighted by molar-refractivity contribution is 5.94. The molecule has 1 N–H and O–H groups in total. The molecule has 0 aliphatic rings. The van der Waals surface area contributed by atoms with E-state index in [0.29, 0.717) is 38.2 Å². The molecule has 0 saturated carbocycles. The topological polar surface area (TPSA) is 77.5 Å². The lowest BCUT2D eigenvalue weighted by Crippen LogP contribution is -2.25. The Morgan fingerprint density at radius 1 is 0.944 bits per heavy atom. The van der Waals surface area contributed by atoms with Crippen molar-refractivity contribution >= 4 is 11.9 Å². The molecule has 6 heteroatoms. The lowest BCUT2D eigenvalue weighted by Gasteiger charge is -2.15. The number of carbonyl (C=O) groups is 2. The maximum absolute atomic E-state index is 12.4. The second-order valence-electron chi connectivity index (χ2n) is 8.69. The second-order valence-corrected chi connectivity index (χ2v) is 8.69. The molecule has 0 radical (unpaired) electrons.